The zero-order valence-corrected chi connectivity index (χ0v) is 22.3. The van der Waals surface area contributed by atoms with Crippen molar-refractivity contribution in [2.75, 3.05) is 0 Å². The van der Waals surface area contributed by atoms with E-state index in [4.69, 9.17) is 14.4 Å². The Morgan fingerprint density at radius 2 is 1.36 bits per heavy atom. The molecule has 0 amide bonds. The minimum absolute atomic E-state index is 0.664. The number of para-hydroxylation sites is 3. The van der Waals surface area contributed by atoms with Crippen molar-refractivity contribution in [3.05, 3.63) is 128 Å². The van der Waals surface area contributed by atoms with Gasteiger partial charge in [0.05, 0.1) is 27.9 Å². The van der Waals surface area contributed by atoms with Gasteiger partial charge in [0.15, 0.2) is 11.4 Å². The van der Waals surface area contributed by atoms with Crippen LogP contribution in [-0.2, 0) is 0 Å². The normalized spacial score (nSPS) is 11.8. The van der Waals surface area contributed by atoms with Crippen LogP contribution in [0.15, 0.2) is 132 Å². The SMILES string of the molecule is c1ccc(-c2nc(-c3ccc4c(c3)c3ccccc3n4-c3ccnc4c3oc3ccccc34)nc3ccccc23)nc1. The summed E-state index contributed by atoms with van der Waals surface area (Å²) in [6, 6.07) is 39.0. The van der Waals surface area contributed by atoms with Crippen LogP contribution in [-0.4, -0.2) is 24.5 Å². The lowest BCUT2D eigenvalue weighted by atomic mass is 10.1. The Morgan fingerprint density at radius 1 is 0.571 bits per heavy atom. The molecule has 9 aromatic rings. The monoisotopic (exact) mass is 539 g/mol. The lowest BCUT2D eigenvalue weighted by Crippen LogP contribution is -1.97. The van der Waals surface area contributed by atoms with E-state index in [-0.39, 0.29) is 0 Å². The molecule has 4 aromatic carbocycles. The van der Waals surface area contributed by atoms with Crippen LogP contribution in [0.4, 0.5) is 0 Å². The summed E-state index contributed by atoms with van der Waals surface area (Å²) >= 11 is 0. The highest BCUT2D eigenvalue weighted by Crippen LogP contribution is 2.38. The summed E-state index contributed by atoms with van der Waals surface area (Å²) in [6.07, 6.45) is 3.65. The molecule has 5 heterocycles. The first-order chi connectivity index (χ1) is 20.8. The van der Waals surface area contributed by atoms with Gasteiger partial charge in [-0.3, -0.25) is 9.97 Å². The molecule has 0 atom stereocenters. The van der Waals surface area contributed by atoms with E-state index in [1.165, 1.54) is 0 Å². The molecule has 0 aliphatic carbocycles. The van der Waals surface area contributed by atoms with Gasteiger partial charge in [-0.1, -0.05) is 54.6 Å². The number of nitrogens with zero attached hydrogens (tertiary/aromatic N) is 5. The Labute approximate surface area is 239 Å². The Morgan fingerprint density at radius 3 is 2.26 bits per heavy atom. The summed E-state index contributed by atoms with van der Waals surface area (Å²) < 4.78 is 8.65. The highest BCUT2D eigenvalue weighted by Gasteiger charge is 2.19. The molecule has 5 aromatic heterocycles. The van der Waals surface area contributed by atoms with Gasteiger partial charge in [0.2, 0.25) is 0 Å². The summed E-state index contributed by atoms with van der Waals surface area (Å²) in [5.74, 6) is 0.664. The second-order valence-corrected chi connectivity index (χ2v) is 10.3. The quantitative estimate of drug-likeness (QED) is 0.224. The number of pyridine rings is 2. The van der Waals surface area contributed by atoms with Crippen molar-refractivity contribution in [3.63, 3.8) is 0 Å². The summed E-state index contributed by atoms with van der Waals surface area (Å²) in [5.41, 5.74) is 9.03. The van der Waals surface area contributed by atoms with Crippen molar-refractivity contribution >= 4 is 54.8 Å². The van der Waals surface area contributed by atoms with Gasteiger partial charge in [-0.05, 0) is 60.7 Å². The van der Waals surface area contributed by atoms with Crippen LogP contribution >= 0.6 is 0 Å². The molecule has 0 saturated heterocycles. The molecule has 0 saturated carbocycles. The predicted molar refractivity (Wildman–Crippen MR) is 168 cm³/mol. The molecule has 196 valence electrons. The number of benzene rings is 4. The Balaban J connectivity index is 1.31. The largest absolute Gasteiger partial charge is 0.452 e. The molecule has 0 unspecified atom stereocenters. The van der Waals surface area contributed by atoms with Gasteiger partial charge in [-0.25, -0.2) is 9.97 Å². The van der Waals surface area contributed by atoms with Gasteiger partial charge in [-0.15, -0.1) is 0 Å². The standard InChI is InChI=1S/C36H21N5O/c1-4-12-27-24(10-1)33(28-13-7-8-19-37-28)40-36(39-27)22-16-17-30-26(21-22)23-9-2-5-14-29(23)41(30)31-18-20-38-34-25-11-3-6-15-32(25)42-35(31)34/h1-21H. The third kappa shape index (κ3) is 3.32. The van der Waals surface area contributed by atoms with Gasteiger partial charge < -0.3 is 8.98 Å². The fourth-order valence-corrected chi connectivity index (χ4v) is 6.04. The summed E-state index contributed by atoms with van der Waals surface area (Å²) in [5, 5.41) is 4.24. The van der Waals surface area contributed by atoms with E-state index in [0.29, 0.717) is 5.82 Å². The van der Waals surface area contributed by atoms with Gasteiger partial charge in [0, 0.05) is 39.5 Å². The minimum atomic E-state index is 0.664. The maximum atomic E-state index is 6.39. The fraction of sp³-hybridized carbons (Fsp3) is 0. The van der Waals surface area contributed by atoms with Crippen LogP contribution < -0.4 is 0 Å². The molecule has 0 aliphatic heterocycles. The topological polar surface area (TPSA) is 69.6 Å². The van der Waals surface area contributed by atoms with E-state index >= 15 is 0 Å². The molecular formula is C36H21N5O. The fourth-order valence-electron chi connectivity index (χ4n) is 6.04. The van der Waals surface area contributed by atoms with Crippen molar-refractivity contribution in [1.29, 1.82) is 0 Å². The number of hydrogen-bond donors (Lipinski definition) is 0. The smallest absolute Gasteiger partial charge is 0.177 e. The first-order valence-corrected chi connectivity index (χ1v) is 13.8. The van der Waals surface area contributed by atoms with Crippen LogP contribution in [0.1, 0.15) is 0 Å². The Bertz CT molecular complexity index is 2480. The molecule has 6 heteroatoms. The van der Waals surface area contributed by atoms with Crippen molar-refractivity contribution in [2.24, 2.45) is 0 Å². The average Bonchev–Trinajstić information content (AvgIpc) is 3.60. The van der Waals surface area contributed by atoms with E-state index in [1.807, 2.05) is 72.9 Å². The van der Waals surface area contributed by atoms with Crippen molar-refractivity contribution < 1.29 is 4.42 Å². The predicted octanol–water partition coefficient (Wildman–Crippen LogP) is 8.75. The van der Waals surface area contributed by atoms with Crippen LogP contribution in [0.3, 0.4) is 0 Å². The Kier molecular flexibility index (Phi) is 4.80. The molecule has 0 aliphatic rings. The molecule has 9 rings (SSSR count). The molecule has 0 radical (unpaired) electrons. The number of fused-ring (bicyclic) bond motifs is 7. The van der Waals surface area contributed by atoms with E-state index < -0.39 is 0 Å². The minimum Gasteiger partial charge on any atom is -0.452 e. The second kappa shape index (κ2) is 8.81. The summed E-state index contributed by atoms with van der Waals surface area (Å²) in [6.45, 7) is 0. The third-order valence-corrected chi connectivity index (χ3v) is 7.92. The van der Waals surface area contributed by atoms with Gasteiger partial charge in [0.1, 0.15) is 16.8 Å². The molecule has 0 fully saturated rings. The number of hydrogen-bond acceptors (Lipinski definition) is 5. The zero-order valence-electron chi connectivity index (χ0n) is 22.3. The first kappa shape index (κ1) is 22.9. The number of furan rings is 1. The van der Waals surface area contributed by atoms with Crippen LogP contribution in [0.2, 0.25) is 0 Å². The highest BCUT2D eigenvalue weighted by atomic mass is 16.3. The summed E-state index contributed by atoms with van der Waals surface area (Å²) in [4.78, 5) is 19.3. The van der Waals surface area contributed by atoms with Gasteiger partial charge >= 0.3 is 0 Å². The lowest BCUT2D eigenvalue weighted by molar-refractivity contribution is 0.665. The van der Waals surface area contributed by atoms with Gasteiger partial charge in [-0.2, -0.15) is 0 Å². The van der Waals surface area contributed by atoms with Crippen molar-refractivity contribution in [2.45, 2.75) is 0 Å². The van der Waals surface area contributed by atoms with E-state index in [2.05, 4.69) is 63.1 Å². The van der Waals surface area contributed by atoms with Crippen LogP contribution in [0.25, 0.3) is 83.2 Å². The first-order valence-electron chi connectivity index (χ1n) is 13.8. The van der Waals surface area contributed by atoms with E-state index in [1.54, 1.807) is 6.20 Å². The van der Waals surface area contributed by atoms with Crippen LogP contribution in [0.5, 0.6) is 0 Å². The third-order valence-electron chi connectivity index (χ3n) is 7.92. The maximum Gasteiger partial charge on any atom is 0.177 e. The molecule has 42 heavy (non-hydrogen) atoms. The van der Waals surface area contributed by atoms with Crippen LogP contribution in [0, 0.1) is 0 Å². The molecule has 0 N–H and O–H groups in total. The van der Waals surface area contributed by atoms with E-state index in [9.17, 15) is 0 Å². The number of rotatable bonds is 3. The summed E-state index contributed by atoms with van der Waals surface area (Å²) in [7, 11) is 0. The molecule has 0 spiro atoms. The second-order valence-electron chi connectivity index (χ2n) is 10.3. The molecular weight excluding hydrogens is 518 g/mol. The van der Waals surface area contributed by atoms with E-state index in [0.717, 1.165) is 77.4 Å². The maximum absolute atomic E-state index is 6.39. The number of aromatic nitrogens is 5. The molecule has 6 nitrogen and oxygen atoms in total. The molecule has 0 bridgehead atoms. The Hall–Kier alpha value is -5.88. The van der Waals surface area contributed by atoms with Crippen molar-refractivity contribution in [3.8, 4) is 28.5 Å². The highest BCUT2D eigenvalue weighted by molar-refractivity contribution is 6.12. The van der Waals surface area contributed by atoms with Crippen molar-refractivity contribution in [1.82, 2.24) is 24.5 Å². The van der Waals surface area contributed by atoms with Gasteiger partial charge in [0.25, 0.3) is 0 Å². The average molecular weight is 540 g/mol. The zero-order chi connectivity index (χ0) is 27.6. The lowest BCUT2D eigenvalue weighted by Gasteiger charge is -2.10.